The molecule has 1 unspecified atom stereocenters. The second-order valence-corrected chi connectivity index (χ2v) is 3.17. The number of carbonyl (C=O) groups excluding carboxylic acids is 1. The summed E-state index contributed by atoms with van der Waals surface area (Å²) in [6, 6.07) is -0.326. The molecule has 0 bridgehead atoms. The van der Waals surface area contributed by atoms with E-state index in [4.69, 9.17) is 5.73 Å². The molecular weight excluding hydrogens is 211 g/mol. The third-order valence-corrected chi connectivity index (χ3v) is 2.06. The van der Waals surface area contributed by atoms with Gasteiger partial charge >= 0.3 is 0 Å². The van der Waals surface area contributed by atoms with E-state index in [2.05, 4.69) is 0 Å². The zero-order valence-electron chi connectivity index (χ0n) is 7.86. The molecule has 1 atom stereocenters. The maximum atomic E-state index is 11.3. The Balaban J connectivity index is 0. The summed E-state index contributed by atoms with van der Waals surface area (Å²) in [6.45, 7) is 3.55. The predicted octanol–water partition coefficient (Wildman–Crippen LogP) is 1.19. The largest absolute Gasteiger partial charge is 0.341 e. The lowest BCUT2D eigenvalue weighted by molar-refractivity contribution is -0.133. The number of halogens is 2. The second kappa shape index (κ2) is 7.42. The van der Waals surface area contributed by atoms with Crippen molar-refractivity contribution in [3.8, 4) is 0 Å². The molecule has 1 fully saturated rings. The van der Waals surface area contributed by atoms with Crippen molar-refractivity contribution in [2.45, 2.75) is 32.2 Å². The van der Waals surface area contributed by atoms with Crippen LogP contribution in [0.25, 0.3) is 0 Å². The Hall–Kier alpha value is 0.01000. The number of likely N-dealkylation sites (tertiary alicyclic amines) is 1. The van der Waals surface area contributed by atoms with Gasteiger partial charge in [-0.25, -0.2) is 0 Å². The van der Waals surface area contributed by atoms with Crippen LogP contribution in [0, 0.1) is 0 Å². The third kappa shape index (κ3) is 4.69. The second-order valence-electron chi connectivity index (χ2n) is 3.17. The lowest BCUT2D eigenvalue weighted by Crippen LogP contribution is -2.44. The fourth-order valence-electron chi connectivity index (χ4n) is 1.40. The van der Waals surface area contributed by atoms with Crippen molar-refractivity contribution in [3.05, 3.63) is 0 Å². The predicted molar refractivity (Wildman–Crippen MR) is 58.6 cm³/mol. The van der Waals surface area contributed by atoms with Crippen LogP contribution in [0.15, 0.2) is 0 Å². The molecule has 0 spiro atoms. The summed E-state index contributed by atoms with van der Waals surface area (Å²) in [4.78, 5) is 13.2. The number of nitrogens with two attached hydrogens (primary N) is 1. The quantitative estimate of drug-likeness (QED) is 0.734. The van der Waals surface area contributed by atoms with E-state index in [0.29, 0.717) is 0 Å². The van der Waals surface area contributed by atoms with Gasteiger partial charge in [-0.2, -0.15) is 0 Å². The first kappa shape index (κ1) is 15.5. The van der Waals surface area contributed by atoms with E-state index in [1.54, 1.807) is 6.92 Å². The van der Waals surface area contributed by atoms with Crippen LogP contribution in [0.3, 0.4) is 0 Å². The van der Waals surface area contributed by atoms with Crippen molar-refractivity contribution in [2.24, 2.45) is 5.73 Å². The molecule has 1 rings (SSSR count). The fraction of sp³-hybridized carbons (Fsp3) is 0.875. The molecule has 13 heavy (non-hydrogen) atoms. The molecule has 1 aliphatic heterocycles. The van der Waals surface area contributed by atoms with E-state index in [9.17, 15) is 4.79 Å². The van der Waals surface area contributed by atoms with Gasteiger partial charge in [-0.1, -0.05) is 0 Å². The van der Waals surface area contributed by atoms with E-state index < -0.39 is 0 Å². The van der Waals surface area contributed by atoms with Gasteiger partial charge in [0.2, 0.25) is 5.91 Å². The number of nitrogens with zero attached hydrogens (tertiary/aromatic N) is 1. The molecule has 0 aliphatic carbocycles. The Kier molecular flexibility index (Phi) is 8.83. The minimum atomic E-state index is -0.326. The number of rotatable bonds is 1. The Bertz CT molecular complexity index is 147. The number of hydrogen-bond donors (Lipinski definition) is 1. The standard InChI is InChI=1S/C8H16N2O.2ClH/c1-7(9)8(11)10-5-3-2-4-6-10;;/h7H,2-6,9H2,1H3;2*1H. The number of carbonyl (C=O) groups is 1. The monoisotopic (exact) mass is 228 g/mol. The molecule has 5 heteroatoms. The lowest BCUT2D eigenvalue weighted by atomic mass is 10.1. The molecular formula is C8H18Cl2N2O. The minimum absolute atomic E-state index is 0. The van der Waals surface area contributed by atoms with Crippen molar-refractivity contribution in [1.82, 2.24) is 4.90 Å². The first-order valence-electron chi connectivity index (χ1n) is 4.26. The van der Waals surface area contributed by atoms with Gasteiger partial charge in [-0.05, 0) is 26.2 Å². The number of piperidine rings is 1. The van der Waals surface area contributed by atoms with Gasteiger partial charge in [0.1, 0.15) is 0 Å². The van der Waals surface area contributed by atoms with E-state index in [1.807, 2.05) is 4.90 Å². The highest BCUT2D eigenvalue weighted by Crippen LogP contribution is 2.09. The Labute approximate surface area is 91.9 Å². The normalized spacial score (nSPS) is 18.2. The molecule has 0 aromatic carbocycles. The molecule has 2 N–H and O–H groups in total. The van der Waals surface area contributed by atoms with Crippen LogP contribution >= 0.6 is 24.8 Å². The summed E-state index contributed by atoms with van der Waals surface area (Å²) in [5.74, 6) is 0.102. The van der Waals surface area contributed by atoms with Crippen molar-refractivity contribution < 1.29 is 4.79 Å². The molecule has 0 aromatic rings. The van der Waals surface area contributed by atoms with Crippen LogP contribution in [0.2, 0.25) is 0 Å². The molecule has 1 aliphatic rings. The SMILES string of the molecule is CC(N)C(=O)N1CCCCC1.Cl.Cl. The van der Waals surface area contributed by atoms with Crippen LogP contribution in [-0.4, -0.2) is 29.9 Å². The Morgan fingerprint density at radius 1 is 1.23 bits per heavy atom. The van der Waals surface area contributed by atoms with Gasteiger partial charge < -0.3 is 10.6 Å². The van der Waals surface area contributed by atoms with E-state index >= 15 is 0 Å². The molecule has 3 nitrogen and oxygen atoms in total. The van der Waals surface area contributed by atoms with Crippen molar-refractivity contribution >= 4 is 30.7 Å². The Morgan fingerprint density at radius 3 is 2.08 bits per heavy atom. The van der Waals surface area contributed by atoms with E-state index in [1.165, 1.54) is 6.42 Å². The van der Waals surface area contributed by atoms with E-state index in [-0.39, 0.29) is 36.8 Å². The molecule has 1 heterocycles. The summed E-state index contributed by atoms with van der Waals surface area (Å²) in [5.41, 5.74) is 5.48. The van der Waals surface area contributed by atoms with Crippen molar-refractivity contribution in [1.29, 1.82) is 0 Å². The average Bonchev–Trinajstić information content (AvgIpc) is 2.05. The maximum absolute atomic E-state index is 11.3. The summed E-state index contributed by atoms with van der Waals surface area (Å²) < 4.78 is 0. The van der Waals surface area contributed by atoms with Gasteiger partial charge in [0, 0.05) is 13.1 Å². The van der Waals surface area contributed by atoms with Gasteiger partial charge in [-0.15, -0.1) is 24.8 Å². The van der Waals surface area contributed by atoms with Crippen LogP contribution in [0.5, 0.6) is 0 Å². The first-order chi connectivity index (χ1) is 5.22. The highest BCUT2D eigenvalue weighted by atomic mass is 35.5. The van der Waals surface area contributed by atoms with Crippen LogP contribution < -0.4 is 5.73 Å². The Morgan fingerprint density at radius 2 is 1.69 bits per heavy atom. The average molecular weight is 229 g/mol. The highest BCUT2D eigenvalue weighted by Gasteiger charge is 2.18. The summed E-state index contributed by atoms with van der Waals surface area (Å²) in [6.07, 6.45) is 3.53. The van der Waals surface area contributed by atoms with Gasteiger partial charge in [0.15, 0.2) is 0 Å². The lowest BCUT2D eigenvalue weighted by Gasteiger charge is -2.27. The fourth-order valence-corrected chi connectivity index (χ4v) is 1.40. The summed E-state index contributed by atoms with van der Waals surface area (Å²) >= 11 is 0. The van der Waals surface area contributed by atoms with Gasteiger partial charge in [-0.3, -0.25) is 4.79 Å². The van der Waals surface area contributed by atoms with Crippen LogP contribution in [-0.2, 0) is 4.79 Å². The van der Waals surface area contributed by atoms with Gasteiger partial charge in [0.05, 0.1) is 6.04 Å². The molecule has 1 amide bonds. The topological polar surface area (TPSA) is 46.3 Å². The summed E-state index contributed by atoms with van der Waals surface area (Å²) in [5, 5.41) is 0. The zero-order valence-corrected chi connectivity index (χ0v) is 9.50. The molecule has 0 radical (unpaired) electrons. The highest BCUT2D eigenvalue weighted by molar-refractivity contribution is 5.85. The smallest absolute Gasteiger partial charge is 0.239 e. The minimum Gasteiger partial charge on any atom is -0.341 e. The summed E-state index contributed by atoms with van der Waals surface area (Å²) in [7, 11) is 0. The number of amides is 1. The maximum Gasteiger partial charge on any atom is 0.239 e. The first-order valence-corrected chi connectivity index (χ1v) is 4.26. The molecule has 1 saturated heterocycles. The zero-order chi connectivity index (χ0) is 8.27. The van der Waals surface area contributed by atoms with Crippen molar-refractivity contribution in [2.75, 3.05) is 13.1 Å². The van der Waals surface area contributed by atoms with Gasteiger partial charge in [0.25, 0.3) is 0 Å². The van der Waals surface area contributed by atoms with E-state index in [0.717, 1.165) is 25.9 Å². The molecule has 0 aromatic heterocycles. The van der Waals surface area contributed by atoms with Crippen LogP contribution in [0.1, 0.15) is 26.2 Å². The third-order valence-electron chi connectivity index (χ3n) is 2.06. The number of hydrogen-bond acceptors (Lipinski definition) is 2. The molecule has 80 valence electrons. The van der Waals surface area contributed by atoms with Crippen molar-refractivity contribution in [3.63, 3.8) is 0 Å². The van der Waals surface area contributed by atoms with Crippen LogP contribution in [0.4, 0.5) is 0 Å². The molecule has 0 saturated carbocycles.